The van der Waals surface area contributed by atoms with Crippen molar-refractivity contribution in [1.29, 1.82) is 0 Å². The Balaban J connectivity index is 1.41. The number of carbonyl (C=O) groups is 1. The third-order valence-corrected chi connectivity index (χ3v) is 5.32. The Morgan fingerprint density at radius 1 is 1.28 bits per heavy atom. The van der Waals surface area contributed by atoms with Crippen molar-refractivity contribution in [2.45, 2.75) is 51.4 Å². The third-order valence-electron chi connectivity index (χ3n) is 5.32. The summed E-state index contributed by atoms with van der Waals surface area (Å²) < 4.78 is 11.3. The second-order valence-electron chi connectivity index (χ2n) is 7.26. The number of nitrogens with one attached hydrogen (secondary N) is 1. The zero-order chi connectivity index (χ0) is 17.5. The Kier molecular flexibility index (Phi) is 6.70. The summed E-state index contributed by atoms with van der Waals surface area (Å²) in [7, 11) is 0. The van der Waals surface area contributed by atoms with Gasteiger partial charge in [-0.25, -0.2) is 4.79 Å². The van der Waals surface area contributed by atoms with Crippen LogP contribution in [0.25, 0.3) is 0 Å². The van der Waals surface area contributed by atoms with Gasteiger partial charge >= 0.3 is 6.09 Å². The van der Waals surface area contributed by atoms with Crippen molar-refractivity contribution < 1.29 is 14.3 Å². The second-order valence-corrected chi connectivity index (χ2v) is 7.26. The fourth-order valence-corrected chi connectivity index (χ4v) is 3.72. The first-order chi connectivity index (χ1) is 12.2. The van der Waals surface area contributed by atoms with E-state index in [1.165, 1.54) is 25.7 Å². The molecule has 1 amide bonds. The highest BCUT2D eigenvalue weighted by Gasteiger charge is 2.27. The van der Waals surface area contributed by atoms with Crippen LogP contribution in [0.5, 0.6) is 0 Å². The molecular weight excluding hydrogens is 316 g/mol. The van der Waals surface area contributed by atoms with Gasteiger partial charge in [-0.1, -0.05) is 50.1 Å². The number of rotatable bonds is 5. The maximum absolute atomic E-state index is 12.3. The maximum Gasteiger partial charge on any atom is 0.410 e. The first-order valence-electron chi connectivity index (χ1n) is 9.53. The molecule has 1 aromatic rings. The summed E-state index contributed by atoms with van der Waals surface area (Å²) in [5.41, 5.74) is 1.01. The lowest BCUT2D eigenvalue weighted by molar-refractivity contribution is -0.0290. The van der Waals surface area contributed by atoms with E-state index in [9.17, 15) is 4.79 Å². The van der Waals surface area contributed by atoms with Gasteiger partial charge in [0.15, 0.2) is 0 Å². The number of hydrogen-bond acceptors (Lipinski definition) is 4. The summed E-state index contributed by atoms with van der Waals surface area (Å²) in [5.74, 6) is 0.726. The number of benzene rings is 1. The first kappa shape index (κ1) is 18.2. The molecule has 1 saturated heterocycles. The molecule has 1 aliphatic carbocycles. The van der Waals surface area contributed by atoms with Crippen LogP contribution in [0.3, 0.4) is 0 Å². The summed E-state index contributed by atoms with van der Waals surface area (Å²) in [6.07, 6.45) is 5.01. The molecule has 5 heteroatoms. The molecule has 25 heavy (non-hydrogen) atoms. The molecule has 1 aromatic carbocycles. The van der Waals surface area contributed by atoms with Crippen LogP contribution in [-0.4, -0.2) is 49.4 Å². The van der Waals surface area contributed by atoms with E-state index < -0.39 is 0 Å². The fourth-order valence-electron chi connectivity index (χ4n) is 3.72. The highest BCUT2D eigenvalue weighted by Crippen LogP contribution is 2.23. The van der Waals surface area contributed by atoms with Gasteiger partial charge in [0.05, 0.1) is 19.3 Å². The molecule has 1 N–H and O–H groups in total. The van der Waals surface area contributed by atoms with E-state index in [0.29, 0.717) is 32.3 Å². The number of nitrogens with zero attached hydrogens (tertiary/aromatic N) is 1. The molecule has 3 rings (SSSR count). The molecule has 1 aliphatic heterocycles. The van der Waals surface area contributed by atoms with E-state index in [4.69, 9.17) is 9.47 Å². The fraction of sp³-hybridized carbons (Fsp3) is 0.650. The van der Waals surface area contributed by atoms with Gasteiger partial charge in [-0.2, -0.15) is 0 Å². The zero-order valence-corrected chi connectivity index (χ0v) is 15.2. The van der Waals surface area contributed by atoms with Crippen LogP contribution in [0.4, 0.5) is 4.79 Å². The van der Waals surface area contributed by atoms with Crippen LogP contribution < -0.4 is 5.32 Å². The maximum atomic E-state index is 12.3. The predicted molar refractivity (Wildman–Crippen MR) is 97.4 cm³/mol. The van der Waals surface area contributed by atoms with Crippen molar-refractivity contribution in [1.82, 2.24) is 10.2 Å². The Morgan fingerprint density at radius 2 is 2.08 bits per heavy atom. The number of carbonyl (C=O) groups excluding carboxylic acids is 1. The topological polar surface area (TPSA) is 50.8 Å². The Hall–Kier alpha value is -1.59. The van der Waals surface area contributed by atoms with E-state index in [2.05, 4.69) is 12.2 Å². The summed E-state index contributed by atoms with van der Waals surface area (Å²) in [5, 5.41) is 3.65. The molecule has 2 fully saturated rings. The average Bonchev–Trinajstić information content (AvgIpc) is 2.66. The van der Waals surface area contributed by atoms with Gasteiger partial charge in [0.25, 0.3) is 0 Å². The van der Waals surface area contributed by atoms with E-state index in [-0.39, 0.29) is 12.2 Å². The molecule has 1 heterocycles. The zero-order valence-electron chi connectivity index (χ0n) is 15.2. The van der Waals surface area contributed by atoms with Gasteiger partial charge in [-0.3, -0.25) is 0 Å². The van der Waals surface area contributed by atoms with Crippen molar-refractivity contribution in [2.75, 3.05) is 26.2 Å². The lowest BCUT2D eigenvalue weighted by Crippen LogP contribution is -2.51. The van der Waals surface area contributed by atoms with Gasteiger partial charge in [-0.05, 0) is 24.3 Å². The summed E-state index contributed by atoms with van der Waals surface area (Å²) in [6, 6.07) is 10.4. The van der Waals surface area contributed by atoms with Crippen LogP contribution in [0.1, 0.15) is 38.2 Å². The van der Waals surface area contributed by atoms with E-state index in [1.807, 2.05) is 30.3 Å². The largest absolute Gasteiger partial charge is 0.445 e. The van der Waals surface area contributed by atoms with Crippen molar-refractivity contribution in [2.24, 2.45) is 5.92 Å². The van der Waals surface area contributed by atoms with Crippen molar-refractivity contribution in [3.63, 3.8) is 0 Å². The minimum absolute atomic E-state index is 0.0483. The van der Waals surface area contributed by atoms with Crippen LogP contribution in [0.15, 0.2) is 30.3 Å². The number of morpholine rings is 1. The summed E-state index contributed by atoms with van der Waals surface area (Å²) >= 11 is 0. The average molecular weight is 346 g/mol. The van der Waals surface area contributed by atoms with Gasteiger partial charge < -0.3 is 19.7 Å². The number of amides is 1. The van der Waals surface area contributed by atoms with Crippen LogP contribution in [-0.2, 0) is 16.1 Å². The van der Waals surface area contributed by atoms with Crippen molar-refractivity contribution >= 4 is 6.09 Å². The normalized spacial score (nSPS) is 27.1. The Morgan fingerprint density at radius 3 is 2.88 bits per heavy atom. The van der Waals surface area contributed by atoms with Crippen LogP contribution in [0.2, 0.25) is 0 Å². The predicted octanol–water partition coefficient (Wildman–Crippen LogP) is 3.19. The molecule has 0 radical (unpaired) electrons. The quantitative estimate of drug-likeness (QED) is 0.890. The SMILES string of the molecule is CC1CCCCC1NCC1CN(C(=O)OCc2ccccc2)CCO1. The first-order valence-corrected chi connectivity index (χ1v) is 9.53. The van der Waals surface area contributed by atoms with Crippen LogP contribution >= 0.6 is 0 Å². The number of ether oxygens (including phenoxy) is 2. The van der Waals surface area contributed by atoms with Gasteiger partial charge in [0.2, 0.25) is 0 Å². The molecular formula is C20H30N2O3. The number of hydrogen-bond donors (Lipinski definition) is 1. The lowest BCUT2D eigenvalue weighted by atomic mass is 9.86. The molecule has 0 aromatic heterocycles. The smallest absolute Gasteiger partial charge is 0.410 e. The molecule has 138 valence electrons. The highest BCUT2D eigenvalue weighted by atomic mass is 16.6. The Labute approximate surface area is 150 Å². The minimum Gasteiger partial charge on any atom is -0.445 e. The molecule has 5 nitrogen and oxygen atoms in total. The Bertz CT molecular complexity index is 537. The third kappa shape index (κ3) is 5.44. The van der Waals surface area contributed by atoms with Crippen molar-refractivity contribution in [3.05, 3.63) is 35.9 Å². The second kappa shape index (κ2) is 9.20. The van der Waals surface area contributed by atoms with Gasteiger partial charge in [0.1, 0.15) is 6.61 Å². The van der Waals surface area contributed by atoms with Gasteiger partial charge in [0, 0.05) is 19.1 Å². The molecule has 3 atom stereocenters. The van der Waals surface area contributed by atoms with Crippen LogP contribution in [0, 0.1) is 5.92 Å². The lowest BCUT2D eigenvalue weighted by Gasteiger charge is -2.35. The van der Waals surface area contributed by atoms with Gasteiger partial charge in [-0.15, -0.1) is 0 Å². The van der Waals surface area contributed by atoms with E-state index in [0.717, 1.165) is 18.0 Å². The summed E-state index contributed by atoms with van der Waals surface area (Å²) in [6.45, 7) is 5.22. The molecule has 1 saturated carbocycles. The van der Waals surface area contributed by atoms with Crippen molar-refractivity contribution in [3.8, 4) is 0 Å². The monoisotopic (exact) mass is 346 g/mol. The van der Waals surface area contributed by atoms with E-state index >= 15 is 0 Å². The standard InChI is InChI=1S/C20H30N2O3/c1-16-7-5-6-10-19(16)21-13-18-14-22(11-12-24-18)20(23)25-15-17-8-3-2-4-9-17/h2-4,8-9,16,18-19,21H,5-7,10-15H2,1H3. The van der Waals surface area contributed by atoms with E-state index in [1.54, 1.807) is 4.90 Å². The highest BCUT2D eigenvalue weighted by molar-refractivity contribution is 5.67. The minimum atomic E-state index is -0.247. The molecule has 0 spiro atoms. The molecule has 2 aliphatic rings. The molecule has 0 bridgehead atoms. The molecule has 3 unspecified atom stereocenters. The summed E-state index contributed by atoms with van der Waals surface area (Å²) in [4.78, 5) is 14.1.